The van der Waals surface area contributed by atoms with Crippen molar-refractivity contribution in [2.24, 2.45) is 5.92 Å². The molecule has 7 nitrogen and oxygen atoms in total. The molecule has 0 radical (unpaired) electrons. The first kappa shape index (κ1) is 22.6. The SMILES string of the molecule is C=[N+](C)C1=C(CC(C)C)C(C)(NN(CC)C(C)O)CCCN1C(=O)NC. The maximum atomic E-state index is 12.5. The molecule has 0 saturated heterocycles. The molecule has 0 fully saturated rings. The standard InChI is InChI=1S/C19H37N5O2/c1-9-24(15(4)25)21-19(5)11-10-12-23(18(26)20-6)17(22(7)8)16(19)13-14(2)3/h14-15,21,25H,7,9-13H2,1-6,8H3/p+1. The van der Waals surface area contributed by atoms with E-state index in [0.717, 1.165) is 30.7 Å². The number of hydrogen-bond donors (Lipinski definition) is 3. The van der Waals surface area contributed by atoms with Crippen molar-refractivity contribution in [2.45, 2.75) is 65.6 Å². The van der Waals surface area contributed by atoms with E-state index in [1.165, 1.54) is 0 Å². The van der Waals surface area contributed by atoms with E-state index in [9.17, 15) is 9.90 Å². The van der Waals surface area contributed by atoms with Gasteiger partial charge in [-0.2, -0.15) is 4.90 Å². The maximum absolute atomic E-state index is 12.5. The molecule has 26 heavy (non-hydrogen) atoms. The van der Waals surface area contributed by atoms with Crippen LogP contribution in [0, 0.1) is 5.92 Å². The number of hydrogen-bond acceptors (Lipinski definition) is 4. The Morgan fingerprint density at radius 2 is 2.08 bits per heavy atom. The van der Waals surface area contributed by atoms with Crippen LogP contribution in [0.25, 0.3) is 0 Å². The van der Waals surface area contributed by atoms with Crippen LogP contribution in [-0.2, 0) is 0 Å². The Balaban J connectivity index is 3.53. The van der Waals surface area contributed by atoms with E-state index in [0.29, 0.717) is 19.0 Å². The van der Waals surface area contributed by atoms with Crippen molar-refractivity contribution in [1.82, 2.24) is 20.7 Å². The van der Waals surface area contributed by atoms with Gasteiger partial charge in [0.05, 0.1) is 25.8 Å². The summed E-state index contributed by atoms with van der Waals surface area (Å²) in [6.45, 7) is 15.7. The number of amides is 2. The highest BCUT2D eigenvalue weighted by atomic mass is 16.3. The van der Waals surface area contributed by atoms with Crippen LogP contribution in [0.5, 0.6) is 0 Å². The molecule has 2 atom stereocenters. The zero-order valence-corrected chi connectivity index (χ0v) is 17.6. The highest BCUT2D eigenvalue weighted by Crippen LogP contribution is 2.35. The van der Waals surface area contributed by atoms with Crippen LogP contribution in [-0.4, -0.2) is 71.3 Å². The predicted octanol–water partition coefficient (Wildman–Crippen LogP) is 1.95. The van der Waals surface area contributed by atoms with Crippen LogP contribution in [0.15, 0.2) is 11.4 Å². The average molecular weight is 369 g/mol. The summed E-state index contributed by atoms with van der Waals surface area (Å²) in [7, 11) is 3.53. The molecule has 0 aromatic rings. The fraction of sp³-hybridized carbons (Fsp3) is 0.789. The first-order valence-electron chi connectivity index (χ1n) is 9.57. The third-order valence-corrected chi connectivity index (χ3v) is 4.87. The molecule has 0 aromatic carbocycles. The van der Waals surface area contributed by atoms with Gasteiger partial charge in [0, 0.05) is 19.2 Å². The van der Waals surface area contributed by atoms with Crippen molar-refractivity contribution in [3.8, 4) is 0 Å². The summed E-state index contributed by atoms with van der Waals surface area (Å²) in [6.07, 6.45) is 1.95. The Morgan fingerprint density at radius 3 is 2.50 bits per heavy atom. The fourth-order valence-electron chi connectivity index (χ4n) is 3.63. The number of urea groups is 1. The van der Waals surface area contributed by atoms with Gasteiger partial charge in [-0.15, -0.1) is 0 Å². The summed E-state index contributed by atoms with van der Waals surface area (Å²) >= 11 is 0. The van der Waals surface area contributed by atoms with Gasteiger partial charge < -0.3 is 10.4 Å². The Hall–Kier alpha value is -1.44. The Labute approximate surface area is 158 Å². The molecule has 2 amide bonds. The number of nitrogens with zero attached hydrogens (tertiary/aromatic N) is 3. The topological polar surface area (TPSA) is 70.9 Å². The summed E-state index contributed by atoms with van der Waals surface area (Å²) in [5, 5.41) is 14.7. The molecular formula is C19H38N5O2+. The van der Waals surface area contributed by atoms with Gasteiger partial charge in [0.2, 0.25) is 0 Å². The van der Waals surface area contributed by atoms with E-state index >= 15 is 0 Å². The third kappa shape index (κ3) is 5.28. The molecule has 1 rings (SSSR count). The quantitative estimate of drug-likeness (QED) is 0.278. The second-order valence-electron chi connectivity index (χ2n) is 7.77. The molecule has 2 unspecified atom stereocenters. The minimum absolute atomic E-state index is 0.121. The van der Waals surface area contributed by atoms with E-state index in [-0.39, 0.29) is 11.6 Å². The minimum Gasteiger partial charge on any atom is -0.377 e. The molecule has 0 spiro atoms. The lowest BCUT2D eigenvalue weighted by Gasteiger charge is -2.39. The van der Waals surface area contributed by atoms with Crippen LogP contribution < -0.4 is 10.7 Å². The average Bonchev–Trinajstić information content (AvgIpc) is 2.69. The maximum Gasteiger partial charge on any atom is 0.408 e. The van der Waals surface area contributed by atoms with E-state index < -0.39 is 6.23 Å². The van der Waals surface area contributed by atoms with E-state index in [1.54, 1.807) is 23.4 Å². The predicted molar refractivity (Wildman–Crippen MR) is 106 cm³/mol. The third-order valence-electron chi connectivity index (χ3n) is 4.87. The second kappa shape index (κ2) is 9.48. The summed E-state index contributed by atoms with van der Waals surface area (Å²) < 4.78 is 1.79. The molecule has 150 valence electrons. The molecule has 0 aromatic heterocycles. The van der Waals surface area contributed by atoms with Gasteiger partial charge in [0.15, 0.2) is 0 Å². The monoisotopic (exact) mass is 368 g/mol. The van der Waals surface area contributed by atoms with Crippen molar-refractivity contribution >= 4 is 12.7 Å². The van der Waals surface area contributed by atoms with Gasteiger partial charge in [0.25, 0.3) is 5.82 Å². The van der Waals surface area contributed by atoms with Crippen LogP contribution in [0.3, 0.4) is 0 Å². The summed E-state index contributed by atoms with van der Waals surface area (Å²) in [4.78, 5) is 14.3. The smallest absolute Gasteiger partial charge is 0.377 e. The highest BCUT2D eigenvalue weighted by molar-refractivity contribution is 5.75. The summed E-state index contributed by atoms with van der Waals surface area (Å²) in [5.41, 5.74) is 4.32. The zero-order valence-electron chi connectivity index (χ0n) is 17.6. The summed E-state index contributed by atoms with van der Waals surface area (Å²) in [6, 6.07) is -0.121. The van der Waals surface area contributed by atoms with Crippen molar-refractivity contribution in [3.05, 3.63) is 11.4 Å². The number of nitrogens with one attached hydrogen (secondary N) is 2. The molecule has 3 N–H and O–H groups in total. The first-order valence-corrected chi connectivity index (χ1v) is 9.57. The highest BCUT2D eigenvalue weighted by Gasteiger charge is 2.43. The zero-order chi connectivity index (χ0) is 20.1. The van der Waals surface area contributed by atoms with Gasteiger partial charge in [-0.1, -0.05) is 20.8 Å². The lowest BCUT2D eigenvalue weighted by atomic mass is 9.83. The van der Waals surface area contributed by atoms with Crippen molar-refractivity contribution in [3.63, 3.8) is 0 Å². The number of carbonyl (C=O) groups excluding carboxylic acids is 1. The van der Waals surface area contributed by atoms with Gasteiger partial charge in [-0.05, 0) is 39.0 Å². The van der Waals surface area contributed by atoms with Crippen molar-refractivity contribution in [1.29, 1.82) is 0 Å². The molecule has 0 aliphatic carbocycles. The Morgan fingerprint density at radius 1 is 1.46 bits per heavy atom. The molecular weight excluding hydrogens is 330 g/mol. The first-order chi connectivity index (χ1) is 12.1. The summed E-state index contributed by atoms with van der Waals surface area (Å²) in [5.74, 6) is 1.26. The lowest BCUT2D eigenvalue weighted by molar-refractivity contribution is -0.453. The van der Waals surface area contributed by atoms with Gasteiger partial charge in [-0.25, -0.2) is 19.8 Å². The molecule has 0 bridgehead atoms. The van der Waals surface area contributed by atoms with Crippen molar-refractivity contribution in [2.75, 3.05) is 27.2 Å². The minimum atomic E-state index is -0.601. The largest absolute Gasteiger partial charge is 0.408 e. The number of aliphatic hydroxyl groups is 1. The van der Waals surface area contributed by atoms with E-state index in [1.807, 2.05) is 19.0 Å². The van der Waals surface area contributed by atoms with Crippen LogP contribution in [0.4, 0.5) is 4.79 Å². The number of rotatable bonds is 7. The molecule has 0 saturated carbocycles. The molecule has 1 aliphatic rings. The van der Waals surface area contributed by atoms with Gasteiger partial charge in [0.1, 0.15) is 6.23 Å². The van der Waals surface area contributed by atoms with Gasteiger partial charge in [-0.3, -0.25) is 0 Å². The van der Waals surface area contributed by atoms with Crippen LogP contribution in [0.1, 0.15) is 53.9 Å². The van der Waals surface area contributed by atoms with Crippen molar-refractivity contribution < 1.29 is 14.5 Å². The second-order valence-corrected chi connectivity index (χ2v) is 7.77. The molecule has 1 heterocycles. The van der Waals surface area contributed by atoms with Gasteiger partial charge >= 0.3 is 6.03 Å². The molecule has 7 heteroatoms. The lowest BCUT2D eigenvalue weighted by Crippen LogP contribution is -2.57. The van der Waals surface area contributed by atoms with Crippen LogP contribution >= 0.6 is 0 Å². The number of aliphatic hydroxyl groups excluding tert-OH is 1. The fourth-order valence-corrected chi connectivity index (χ4v) is 3.63. The Bertz CT molecular complexity index is 544. The number of carbonyl (C=O) groups is 1. The van der Waals surface area contributed by atoms with E-state index in [4.69, 9.17) is 0 Å². The Kier molecular flexibility index (Phi) is 8.24. The number of hydrazine groups is 1. The van der Waals surface area contributed by atoms with Crippen LogP contribution in [0.2, 0.25) is 0 Å². The normalized spacial score (nSPS) is 22.6. The van der Waals surface area contributed by atoms with E-state index in [2.05, 4.69) is 38.2 Å². The molecule has 1 aliphatic heterocycles.